The van der Waals surface area contributed by atoms with E-state index in [0.29, 0.717) is 6.61 Å². The molecule has 0 N–H and O–H groups in total. The molecule has 0 amide bonds. The van der Waals surface area contributed by atoms with E-state index in [9.17, 15) is 9.59 Å². The number of benzene rings is 1. The highest BCUT2D eigenvalue weighted by molar-refractivity contribution is 6.03. The molecule has 0 aromatic heterocycles. The summed E-state index contributed by atoms with van der Waals surface area (Å²) in [7, 11) is 0. The number of carbonyl (C=O) groups excluding carboxylic acids is 2. The lowest BCUT2D eigenvalue weighted by Crippen LogP contribution is -2.25. The number of hydrogen-bond donors (Lipinski definition) is 0. The fraction of sp³-hybridized carbons (Fsp3) is 0.455. The van der Waals surface area contributed by atoms with Gasteiger partial charge in [-0.3, -0.25) is 9.59 Å². The van der Waals surface area contributed by atoms with Gasteiger partial charge in [-0.2, -0.15) is 0 Å². The van der Waals surface area contributed by atoms with Gasteiger partial charge in [0, 0.05) is 11.8 Å². The Morgan fingerprint density at radius 1 is 0.960 bits per heavy atom. The third-order valence-corrected chi connectivity index (χ3v) is 5.35. The zero-order valence-electron chi connectivity index (χ0n) is 15.1. The van der Waals surface area contributed by atoms with Crippen molar-refractivity contribution in [2.75, 3.05) is 6.61 Å². The first-order chi connectivity index (χ1) is 12.1. The first kappa shape index (κ1) is 17.7. The Kier molecular flexibility index (Phi) is 5.52. The Labute approximate surface area is 149 Å². The Hall–Kier alpha value is -2.16. The van der Waals surface area contributed by atoms with Crippen molar-refractivity contribution >= 4 is 17.1 Å². The topological polar surface area (TPSA) is 43.4 Å². The molecular weight excluding hydrogens is 312 g/mol. The molecule has 132 valence electrons. The van der Waals surface area contributed by atoms with Crippen LogP contribution < -0.4 is 4.74 Å². The van der Waals surface area contributed by atoms with Gasteiger partial charge in [0.15, 0.2) is 11.6 Å². The summed E-state index contributed by atoms with van der Waals surface area (Å²) in [6.07, 6.45) is 7.87. The molecule has 3 heteroatoms. The summed E-state index contributed by atoms with van der Waals surface area (Å²) in [5.41, 5.74) is 3.20. The highest BCUT2D eigenvalue weighted by Crippen LogP contribution is 2.36. The summed E-state index contributed by atoms with van der Waals surface area (Å²) in [6.45, 7) is 4.66. The van der Waals surface area contributed by atoms with Gasteiger partial charge in [-0.25, -0.2) is 0 Å². The predicted octanol–water partition coefficient (Wildman–Crippen LogP) is 4.76. The fourth-order valence-electron chi connectivity index (χ4n) is 3.85. The Morgan fingerprint density at radius 2 is 1.72 bits per heavy atom. The summed E-state index contributed by atoms with van der Waals surface area (Å²) < 4.78 is 5.47. The lowest BCUT2D eigenvalue weighted by molar-refractivity contribution is -0.119. The van der Waals surface area contributed by atoms with E-state index in [4.69, 9.17) is 4.74 Å². The molecule has 1 aromatic carbocycles. The molecule has 0 heterocycles. The third kappa shape index (κ3) is 3.92. The molecule has 1 aromatic rings. The Balaban J connectivity index is 1.73. The van der Waals surface area contributed by atoms with Crippen LogP contribution in [0.25, 0.3) is 5.57 Å². The van der Waals surface area contributed by atoms with Gasteiger partial charge in [0.25, 0.3) is 0 Å². The maximum absolute atomic E-state index is 12.7. The normalized spacial score (nSPS) is 23.9. The zero-order chi connectivity index (χ0) is 17.8. The second-order valence-corrected chi connectivity index (χ2v) is 6.89. The Bertz CT molecular complexity index is 709. The van der Waals surface area contributed by atoms with Crippen molar-refractivity contribution in [1.29, 1.82) is 0 Å². The molecule has 2 aliphatic rings. The number of ether oxygens (including phenoxy) is 1. The molecule has 0 saturated carbocycles. The number of hydrogen-bond acceptors (Lipinski definition) is 3. The minimum absolute atomic E-state index is 0.104. The van der Waals surface area contributed by atoms with E-state index >= 15 is 0 Å². The zero-order valence-corrected chi connectivity index (χ0v) is 15.1. The molecule has 25 heavy (non-hydrogen) atoms. The van der Waals surface area contributed by atoms with Gasteiger partial charge in [-0.15, -0.1) is 0 Å². The number of rotatable bonds is 5. The summed E-state index contributed by atoms with van der Waals surface area (Å²) in [5, 5.41) is 0. The molecule has 2 aliphatic carbocycles. The van der Waals surface area contributed by atoms with Crippen molar-refractivity contribution in [2.45, 2.75) is 46.0 Å². The van der Waals surface area contributed by atoms with Crippen LogP contribution >= 0.6 is 0 Å². The van der Waals surface area contributed by atoms with Crippen molar-refractivity contribution in [3.8, 4) is 5.75 Å². The fourth-order valence-corrected chi connectivity index (χ4v) is 3.85. The molecular formula is C22H26O3. The summed E-state index contributed by atoms with van der Waals surface area (Å²) >= 11 is 0. The van der Waals surface area contributed by atoms with Crippen molar-refractivity contribution in [3.63, 3.8) is 0 Å². The first-order valence-electron chi connectivity index (χ1n) is 9.34. The monoisotopic (exact) mass is 338 g/mol. The van der Waals surface area contributed by atoms with E-state index < -0.39 is 0 Å². The summed E-state index contributed by atoms with van der Waals surface area (Å²) in [6, 6.07) is 7.92. The Morgan fingerprint density at radius 3 is 2.32 bits per heavy atom. The van der Waals surface area contributed by atoms with Crippen molar-refractivity contribution < 1.29 is 14.3 Å². The molecule has 0 spiro atoms. The van der Waals surface area contributed by atoms with Gasteiger partial charge in [0.05, 0.1) is 6.61 Å². The van der Waals surface area contributed by atoms with Gasteiger partial charge in [-0.05, 0) is 74.4 Å². The van der Waals surface area contributed by atoms with Crippen LogP contribution in [-0.2, 0) is 9.59 Å². The predicted molar refractivity (Wildman–Crippen MR) is 99.4 cm³/mol. The lowest BCUT2D eigenvalue weighted by Gasteiger charge is -2.27. The SMILES string of the molecule is CCOc1ccc(C2=CC(=O)C(C3=CC(=O)C(CC)CC3)CC2)cc1. The van der Waals surface area contributed by atoms with Crippen molar-refractivity contribution in [2.24, 2.45) is 11.8 Å². The molecule has 0 aliphatic heterocycles. The van der Waals surface area contributed by atoms with Crippen LogP contribution in [0.4, 0.5) is 0 Å². The molecule has 0 saturated heterocycles. The lowest BCUT2D eigenvalue weighted by atomic mass is 9.76. The van der Waals surface area contributed by atoms with Gasteiger partial charge in [-0.1, -0.05) is 24.6 Å². The van der Waals surface area contributed by atoms with E-state index in [2.05, 4.69) is 6.92 Å². The molecule has 0 fully saturated rings. The number of carbonyl (C=O) groups is 2. The summed E-state index contributed by atoms with van der Waals surface area (Å²) in [4.78, 5) is 24.8. The van der Waals surface area contributed by atoms with Crippen LogP contribution in [-0.4, -0.2) is 18.2 Å². The van der Waals surface area contributed by atoms with Crippen molar-refractivity contribution in [3.05, 3.63) is 47.6 Å². The molecule has 2 unspecified atom stereocenters. The van der Waals surface area contributed by atoms with Crippen LogP contribution in [0.2, 0.25) is 0 Å². The highest BCUT2D eigenvalue weighted by Gasteiger charge is 2.30. The largest absolute Gasteiger partial charge is 0.494 e. The molecule has 3 rings (SSSR count). The van der Waals surface area contributed by atoms with E-state index in [1.165, 1.54) is 0 Å². The minimum atomic E-state index is -0.104. The maximum Gasteiger partial charge on any atom is 0.163 e. The van der Waals surface area contributed by atoms with E-state index in [1.807, 2.05) is 31.2 Å². The van der Waals surface area contributed by atoms with Crippen molar-refractivity contribution in [1.82, 2.24) is 0 Å². The smallest absolute Gasteiger partial charge is 0.163 e. The quantitative estimate of drug-likeness (QED) is 0.777. The van der Waals surface area contributed by atoms with E-state index in [1.54, 1.807) is 12.2 Å². The average Bonchev–Trinajstić information content (AvgIpc) is 2.62. The van der Waals surface area contributed by atoms with Gasteiger partial charge in [0.1, 0.15) is 5.75 Å². The number of ketones is 2. The second-order valence-electron chi connectivity index (χ2n) is 6.89. The maximum atomic E-state index is 12.7. The molecule has 2 atom stereocenters. The van der Waals surface area contributed by atoms with E-state index in [0.717, 1.165) is 54.6 Å². The van der Waals surface area contributed by atoms with Crippen LogP contribution in [0.15, 0.2) is 42.0 Å². The third-order valence-electron chi connectivity index (χ3n) is 5.35. The van der Waals surface area contributed by atoms with E-state index in [-0.39, 0.29) is 23.4 Å². The van der Waals surface area contributed by atoms with Crippen LogP contribution in [0.5, 0.6) is 5.75 Å². The number of allylic oxidation sites excluding steroid dienone is 4. The van der Waals surface area contributed by atoms with Gasteiger partial charge in [0.2, 0.25) is 0 Å². The molecule has 3 nitrogen and oxygen atoms in total. The van der Waals surface area contributed by atoms with Gasteiger partial charge < -0.3 is 4.74 Å². The second kappa shape index (κ2) is 7.81. The van der Waals surface area contributed by atoms with Crippen LogP contribution in [0.3, 0.4) is 0 Å². The van der Waals surface area contributed by atoms with Crippen LogP contribution in [0, 0.1) is 11.8 Å². The standard InChI is InChI=1S/C22H26O3/c1-3-15-5-6-18(14-21(15)23)20-12-9-17(13-22(20)24)16-7-10-19(11-8-16)25-4-2/h7-8,10-11,13-15,20H,3-6,9,12H2,1-2H3. The highest BCUT2D eigenvalue weighted by atomic mass is 16.5. The first-order valence-corrected chi connectivity index (χ1v) is 9.34. The summed E-state index contributed by atoms with van der Waals surface area (Å²) in [5.74, 6) is 1.25. The minimum Gasteiger partial charge on any atom is -0.494 e. The average molecular weight is 338 g/mol. The molecule has 0 radical (unpaired) electrons. The van der Waals surface area contributed by atoms with Gasteiger partial charge >= 0.3 is 0 Å². The van der Waals surface area contributed by atoms with Crippen LogP contribution in [0.1, 0.15) is 51.5 Å². The molecule has 0 bridgehead atoms.